The van der Waals surface area contributed by atoms with Crippen LogP contribution in [0.1, 0.15) is 13.3 Å². The topological polar surface area (TPSA) is 26.0 Å². The first-order valence-electron chi connectivity index (χ1n) is 3.70. The first-order chi connectivity index (χ1) is 4.99. The van der Waals surface area contributed by atoms with Crippen molar-refractivity contribution in [3.8, 4) is 0 Å². The molecular formula is C7H13F2NS. The maximum absolute atomic E-state index is 12.5. The molecule has 11 heavy (non-hydrogen) atoms. The smallest absolute Gasteiger partial charge is 0.245 e. The quantitative estimate of drug-likeness (QED) is 0.702. The van der Waals surface area contributed by atoms with Gasteiger partial charge in [-0.2, -0.15) is 11.8 Å². The lowest BCUT2D eigenvalue weighted by Crippen LogP contribution is -2.32. The van der Waals surface area contributed by atoms with Crippen LogP contribution in [0.15, 0.2) is 0 Å². The average Bonchev–Trinajstić information content (AvgIpc) is 2.12. The van der Waals surface area contributed by atoms with Gasteiger partial charge in [-0.25, -0.2) is 8.78 Å². The summed E-state index contributed by atoms with van der Waals surface area (Å²) in [4.78, 5) is 0. The van der Waals surface area contributed by atoms with Gasteiger partial charge in [0, 0.05) is 18.2 Å². The lowest BCUT2D eigenvalue weighted by molar-refractivity contribution is -0.00217. The van der Waals surface area contributed by atoms with Gasteiger partial charge in [0.15, 0.2) is 0 Å². The Morgan fingerprint density at radius 1 is 1.55 bits per heavy atom. The zero-order valence-electron chi connectivity index (χ0n) is 6.52. The van der Waals surface area contributed by atoms with Gasteiger partial charge in [-0.15, -0.1) is 0 Å². The number of halogens is 2. The number of thioether (sulfide) groups is 1. The molecule has 1 fully saturated rings. The molecule has 1 aliphatic heterocycles. The van der Waals surface area contributed by atoms with E-state index in [1.165, 1.54) is 0 Å². The zero-order chi connectivity index (χ0) is 8.48. The van der Waals surface area contributed by atoms with Crippen molar-refractivity contribution in [1.29, 1.82) is 0 Å². The molecule has 2 N–H and O–H groups in total. The van der Waals surface area contributed by atoms with Crippen LogP contribution in [-0.4, -0.2) is 23.5 Å². The summed E-state index contributed by atoms with van der Waals surface area (Å²) in [6.45, 7) is 0.961. The molecule has 0 amide bonds. The van der Waals surface area contributed by atoms with Gasteiger partial charge in [0.1, 0.15) is 0 Å². The molecule has 1 aliphatic rings. The highest BCUT2D eigenvalue weighted by Crippen LogP contribution is 2.31. The number of nitrogens with two attached hydrogens (primary N) is 1. The molecule has 1 saturated heterocycles. The Kier molecular flexibility index (Phi) is 2.75. The van der Waals surface area contributed by atoms with Crippen LogP contribution in [0, 0.1) is 5.92 Å². The van der Waals surface area contributed by atoms with E-state index in [2.05, 4.69) is 0 Å². The van der Waals surface area contributed by atoms with Gasteiger partial charge in [-0.05, 0) is 18.6 Å². The molecule has 2 unspecified atom stereocenters. The second-order valence-corrected chi connectivity index (χ2v) is 4.31. The standard InChI is InChI=1S/C7H13F2NS/c1-7(8,9)2-5-3-11-4-6(5)10/h5-6H,2-4,10H2,1H3. The van der Waals surface area contributed by atoms with Gasteiger partial charge in [0.05, 0.1) is 0 Å². The molecule has 1 nitrogen and oxygen atoms in total. The Balaban J connectivity index is 2.37. The summed E-state index contributed by atoms with van der Waals surface area (Å²) >= 11 is 1.67. The van der Waals surface area contributed by atoms with Crippen LogP contribution in [0.3, 0.4) is 0 Å². The minimum atomic E-state index is -2.55. The fraction of sp³-hybridized carbons (Fsp3) is 1.00. The molecule has 4 heteroatoms. The zero-order valence-corrected chi connectivity index (χ0v) is 7.33. The molecule has 1 heterocycles. The van der Waals surface area contributed by atoms with Crippen molar-refractivity contribution in [2.24, 2.45) is 11.7 Å². The highest BCUT2D eigenvalue weighted by molar-refractivity contribution is 7.99. The minimum absolute atomic E-state index is 0.0139. The first kappa shape index (κ1) is 9.26. The molecule has 0 spiro atoms. The second kappa shape index (κ2) is 3.27. The Bertz CT molecular complexity index is 135. The van der Waals surface area contributed by atoms with Crippen molar-refractivity contribution in [1.82, 2.24) is 0 Å². The van der Waals surface area contributed by atoms with E-state index in [0.717, 1.165) is 18.4 Å². The van der Waals surface area contributed by atoms with Gasteiger partial charge >= 0.3 is 0 Å². The van der Waals surface area contributed by atoms with Crippen LogP contribution in [0.2, 0.25) is 0 Å². The molecule has 0 radical (unpaired) electrons. The van der Waals surface area contributed by atoms with Gasteiger partial charge in [-0.1, -0.05) is 0 Å². The third-order valence-electron chi connectivity index (χ3n) is 1.87. The molecule has 0 aromatic heterocycles. The molecule has 66 valence electrons. The van der Waals surface area contributed by atoms with Crippen molar-refractivity contribution in [2.45, 2.75) is 25.3 Å². The summed E-state index contributed by atoms with van der Waals surface area (Å²) in [5.74, 6) is -0.904. The Morgan fingerprint density at radius 2 is 2.18 bits per heavy atom. The van der Waals surface area contributed by atoms with Crippen LogP contribution in [-0.2, 0) is 0 Å². The Labute approximate surface area is 69.7 Å². The number of hydrogen-bond acceptors (Lipinski definition) is 2. The van der Waals surface area contributed by atoms with E-state index in [-0.39, 0.29) is 18.4 Å². The van der Waals surface area contributed by atoms with Crippen LogP contribution in [0.5, 0.6) is 0 Å². The van der Waals surface area contributed by atoms with E-state index in [0.29, 0.717) is 0 Å². The fourth-order valence-corrected chi connectivity index (χ4v) is 2.63. The van der Waals surface area contributed by atoms with Crippen LogP contribution < -0.4 is 5.73 Å². The SMILES string of the molecule is CC(F)(F)CC1CSCC1N. The predicted octanol–water partition coefficient (Wildman–Crippen LogP) is 1.72. The maximum atomic E-state index is 12.5. The van der Waals surface area contributed by atoms with Crippen molar-refractivity contribution in [3.63, 3.8) is 0 Å². The Morgan fingerprint density at radius 3 is 2.55 bits per heavy atom. The summed E-state index contributed by atoms with van der Waals surface area (Å²) < 4.78 is 25.0. The molecule has 0 aromatic carbocycles. The van der Waals surface area contributed by atoms with Crippen LogP contribution in [0.25, 0.3) is 0 Å². The maximum Gasteiger partial charge on any atom is 0.245 e. The van der Waals surface area contributed by atoms with E-state index in [4.69, 9.17) is 5.73 Å². The first-order valence-corrected chi connectivity index (χ1v) is 4.85. The van der Waals surface area contributed by atoms with Gasteiger partial charge in [-0.3, -0.25) is 0 Å². The van der Waals surface area contributed by atoms with Crippen molar-refractivity contribution < 1.29 is 8.78 Å². The van der Waals surface area contributed by atoms with Crippen LogP contribution >= 0.6 is 11.8 Å². The molecule has 1 rings (SSSR count). The van der Waals surface area contributed by atoms with Crippen molar-refractivity contribution in [2.75, 3.05) is 11.5 Å². The highest BCUT2D eigenvalue weighted by Gasteiger charge is 2.33. The lowest BCUT2D eigenvalue weighted by atomic mass is 9.97. The largest absolute Gasteiger partial charge is 0.327 e. The van der Waals surface area contributed by atoms with E-state index < -0.39 is 5.92 Å². The number of rotatable bonds is 2. The van der Waals surface area contributed by atoms with Crippen LogP contribution in [0.4, 0.5) is 8.78 Å². The third kappa shape index (κ3) is 2.95. The van der Waals surface area contributed by atoms with E-state index in [1.54, 1.807) is 11.8 Å². The summed E-state index contributed by atoms with van der Waals surface area (Å²) in [6.07, 6.45) is -0.0544. The second-order valence-electron chi connectivity index (χ2n) is 3.24. The molecule has 0 aliphatic carbocycles. The van der Waals surface area contributed by atoms with Gasteiger partial charge in [0.25, 0.3) is 0 Å². The fourth-order valence-electron chi connectivity index (χ4n) is 1.29. The molecule has 0 saturated carbocycles. The predicted molar refractivity (Wildman–Crippen MR) is 44.0 cm³/mol. The number of alkyl halides is 2. The molecule has 0 aromatic rings. The average molecular weight is 181 g/mol. The third-order valence-corrected chi connectivity index (χ3v) is 3.15. The summed E-state index contributed by atoms with van der Waals surface area (Å²) in [5.41, 5.74) is 5.63. The van der Waals surface area contributed by atoms with E-state index >= 15 is 0 Å². The van der Waals surface area contributed by atoms with E-state index in [9.17, 15) is 8.78 Å². The lowest BCUT2D eigenvalue weighted by Gasteiger charge is -2.18. The molecule has 2 atom stereocenters. The summed E-state index contributed by atoms with van der Waals surface area (Å²) in [6, 6.07) is -0.0224. The molecule has 0 bridgehead atoms. The van der Waals surface area contributed by atoms with Gasteiger partial charge < -0.3 is 5.73 Å². The van der Waals surface area contributed by atoms with Crippen molar-refractivity contribution >= 4 is 11.8 Å². The molecular weight excluding hydrogens is 168 g/mol. The van der Waals surface area contributed by atoms with E-state index in [1.807, 2.05) is 0 Å². The normalized spacial score (nSPS) is 32.7. The summed E-state index contributed by atoms with van der Waals surface area (Å²) in [5, 5.41) is 0. The summed E-state index contributed by atoms with van der Waals surface area (Å²) in [7, 11) is 0. The van der Waals surface area contributed by atoms with Crippen molar-refractivity contribution in [3.05, 3.63) is 0 Å². The minimum Gasteiger partial charge on any atom is -0.327 e. The monoisotopic (exact) mass is 181 g/mol. The number of hydrogen-bond donors (Lipinski definition) is 1. The highest BCUT2D eigenvalue weighted by atomic mass is 32.2. The van der Waals surface area contributed by atoms with Gasteiger partial charge in [0.2, 0.25) is 5.92 Å². The Hall–Kier alpha value is 0.170.